The molecular formula is C12H20O3. The number of hydrogen-bond acceptors (Lipinski definition) is 3. The van der Waals surface area contributed by atoms with E-state index in [1.54, 1.807) is 0 Å². The van der Waals surface area contributed by atoms with Gasteiger partial charge in [-0.15, -0.1) is 0 Å². The van der Waals surface area contributed by atoms with Crippen molar-refractivity contribution in [3.8, 4) is 0 Å². The Balaban J connectivity index is 2.56. The monoisotopic (exact) mass is 212 g/mol. The van der Waals surface area contributed by atoms with Crippen LogP contribution in [0.25, 0.3) is 0 Å². The molecule has 0 aromatic rings. The van der Waals surface area contributed by atoms with Crippen molar-refractivity contribution in [2.24, 2.45) is 11.8 Å². The van der Waals surface area contributed by atoms with Crippen LogP contribution >= 0.6 is 0 Å². The molecule has 15 heavy (non-hydrogen) atoms. The standard InChI is InChI=1S/C12H20O3/c1-3-10(11(13)8-15-2)12(14)9-6-4-5-7-9/h9-10H,3-8H2,1-2H3. The average Bonchev–Trinajstić information content (AvgIpc) is 2.71. The maximum atomic E-state index is 12.0. The Hall–Kier alpha value is -0.700. The van der Waals surface area contributed by atoms with Gasteiger partial charge in [0, 0.05) is 13.0 Å². The summed E-state index contributed by atoms with van der Waals surface area (Å²) in [7, 11) is 1.49. The number of rotatable bonds is 6. The highest BCUT2D eigenvalue weighted by molar-refractivity contribution is 6.03. The molecule has 0 aliphatic heterocycles. The van der Waals surface area contributed by atoms with Gasteiger partial charge in [0.25, 0.3) is 0 Å². The van der Waals surface area contributed by atoms with Crippen LogP contribution in [0.1, 0.15) is 39.0 Å². The summed E-state index contributed by atoms with van der Waals surface area (Å²) in [6.45, 7) is 1.96. The van der Waals surface area contributed by atoms with Gasteiger partial charge in [-0.1, -0.05) is 19.8 Å². The second kappa shape index (κ2) is 6.01. The van der Waals surface area contributed by atoms with Crippen LogP contribution in [-0.4, -0.2) is 25.3 Å². The summed E-state index contributed by atoms with van der Waals surface area (Å²) in [6.07, 6.45) is 4.80. The fourth-order valence-electron chi connectivity index (χ4n) is 2.33. The first-order valence-electron chi connectivity index (χ1n) is 5.76. The molecule has 0 bridgehead atoms. The lowest BCUT2D eigenvalue weighted by molar-refractivity contribution is -0.137. The van der Waals surface area contributed by atoms with Crippen LogP contribution in [0.2, 0.25) is 0 Å². The Morgan fingerprint density at radius 2 is 1.93 bits per heavy atom. The molecule has 0 amide bonds. The van der Waals surface area contributed by atoms with Gasteiger partial charge in [-0.2, -0.15) is 0 Å². The molecule has 1 aliphatic carbocycles. The smallest absolute Gasteiger partial charge is 0.168 e. The summed E-state index contributed by atoms with van der Waals surface area (Å²) in [6, 6.07) is 0. The molecule has 1 atom stereocenters. The van der Waals surface area contributed by atoms with E-state index in [1.165, 1.54) is 7.11 Å². The van der Waals surface area contributed by atoms with E-state index in [9.17, 15) is 9.59 Å². The number of methoxy groups -OCH3 is 1. The van der Waals surface area contributed by atoms with E-state index in [2.05, 4.69) is 0 Å². The van der Waals surface area contributed by atoms with Crippen LogP contribution in [0.15, 0.2) is 0 Å². The van der Waals surface area contributed by atoms with Crippen molar-refractivity contribution in [1.29, 1.82) is 0 Å². The lowest BCUT2D eigenvalue weighted by atomic mass is 9.87. The van der Waals surface area contributed by atoms with Crippen molar-refractivity contribution in [3.63, 3.8) is 0 Å². The topological polar surface area (TPSA) is 43.4 Å². The molecule has 1 fully saturated rings. The third-order valence-corrected chi connectivity index (χ3v) is 3.18. The molecule has 0 heterocycles. The normalized spacial score (nSPS) is 19.1. The predicted octanol–water partition coefficient (Wildman–Crippen LogP) is 1.99. The Bertz CT molecular complexity index is 229. The Kier molecular flexibility index (Phi) is 4.95. The summed E-state index contributed by atoms with van der Waals surface area (Å²) >= 11 is 0. The number of carbonyl (C=O) groups excluding carboxylic acids is 2. The highest BCUT2D eigenvalue weighted by Crippen LogP contribution is 2.28. The van der Waals surface area contributed by atoms with Crippen LogP contribution in [-0.2, 0) is 14.3 Å². The highest BCUT2D eigenvalue weighted by atomic mass is 16.5. The van der Waals surface area contributed by atoms with Crippen molar-refractivity contribution in [2.75, 3.05) is 13.7 Å². The first-order valence-corrected chi connectivity index (χ1v) is 5.76. The van der Waals surface area contributed by atoms with Crippen LogP contribution < -0.4 is 0 Å². The molecule has 0 N–H and O–H groups in total. The van der Waals surface area contributed by atoms with E-state index in [0.29, 0.717) is 6.42 Å². The average molecular weight is 212 g/mol. The largest absolute Gasteiger partial charge is 0.377 e. The molecule has 1 rings (SSSR count). The fraction of sp³-hybridized carbons (Fsp3) is 0.833. The summed E-state index contributed by atoms with van der Waals surface area (Å²) in [4.78, 5) is 23.6. The minimum Gasteiger partial charge on any atom is -0.377 e. The lowest BCUT2D eigenvalue weighted by Gasteiger charge is -2.16. The SMILES string of the molecule is CCC(C(=O)COC)C(=O)C1CCCC1. The number of ketones is 2. The molecule has 1 saturated carbocycles. The first-order chi connectivity index (χ1) is 7.20. The molecular weight excluding hydrogens is 192 g/mol. The summed E-state index contributed by atoms with van der Waals surface area (Å²) in [5.41, 5.74) is 0. The van der Waals surface area contributed by atoms with Crippen molar-refractivity contribution in [3.05, 3.63) is 0 Å². The quantitative estimate of drug-likeness (QED) is 0.632. The molecule has 3 heteroatoms. The zero-order chi connectivity index (χ0) is 11.3. The zero-order valence-corrected chi connectivity index (χ0v) is 9.62. The molecule has 0 aromatic carbocycles. The van der Waals surface area contributed by atoms with Crippen molar-refractivity contribution in [2.45, 2.75) is 39.0 Å². The minimum atomic E-state index is -0.423. The second-order valence-electron chi connectivity index (χ2n) is 4.24. The van der Waals surface area contributed by atoms with E-state index in [1.807, 2.05) is 6.92 Å². The molecule has 86 valence electrons. The predicted molar refractivity (Wildman–Crippen MR) is 57.6 cm³/mol. The van der Waals surface area contributed by atoms with E-state index < -0.39 is 5.92 Å². The minimum absolute atomic E-state index is 0.0584. The van der Waals surface area contributed by atoms with Crippen molar-refractivity contribution >= 4 is 11.6 Å². The first kappa shape index (κ1) is 12.4. The number of hydrogen-bond donors (Lipinski definition) is 0. The molecule has 0 aromatic heterocycles. The van der Waals surface area contributed by atoms with Crippen LogP contribution in [0, 0.1) is 11.8 Å². The van der Waals surface area contributed by atoms with Crippen molar-refractivity contribution < 1.29 is 14.3 Å². The van der Waals surface area contributed by atoms with Crippen LogP contribution in [0.5, 0.6) is 0 Å². The maximum absolute atomic E-state index is 12.0. The second-order valence-corrected chi connectivity index (χ2v) is 4.24. The molecule has 0 saturated heterocycles. The van der Waals surface area contributed by atoms with Gasteiger partial charge >= 0.3 is 0 Å². The van der Waals surface area contributed by atoms with Gasteiger partial charge in [-0.05, 0) is 19.3 Å². The highest BCUT2D eigenvalue weighted by Gasteiger charge is 2.32. The Morgan fingerprint density at radius 1 is 1.33 bits per heavy atom. The number of Topliss-reactive ketones (excluding diaryl/α,β-unsaturated/α-hetero) is 2. The maximum Gasteiger partial charge on any atom is 0.168 e. The summed E-state index contributed by atoms with van der Waals surface area (Å²) < 4.78 is 4.80. The van der Waals surface area contributed by atoms with Gasteiger partial charge in [0.1, 0.15) is 12.4 Å². The van der Waals surface area contributed by atoms with E-state index in [0.717, 1.165) is 25.7 Å². The molecule has 0 spiro atoms. The van der Waals surface area contributed by atoms with E-state index in [4.69, 9.17) is 4.74 Å². The van der Waals surface area contributed by atoms with Gasteiger partial charge in [-0.25, -0.2) is 0 Å². The van der Waals surface area contributed by atoms with Gasteiger partial charge in [0.2, 0.25) is 0 Å². The van der Waals surface area contributed by atoms with Crippen molar-refractivity contribution in [1.82, 2.24) is 0 Å². The van der Waals surface area contributed by atoms with Gasteiger partial charge in [0.05, 0.1) is 5.92 Å². The summed E-state index contributed by atoms with van der Waals surface area (Å²) in [5, 5.41) is 0. The lowest BCUT2D eigenvalue weighted by Crippen LogP contribution is -2.30. The molecule has 3 nitrogen and oxygen atoms in total. The van der Waals surface area contributed by atoms with E-state index >= 15 is 0 Å². The number of ether oxygens (including phenoxy) is 1. The molecule has 1 unspecified atom stereocenters. The summed E-state index contributed by atoms with van der Waals surface area (Å²) in [5.74, 6) is -0.197. The zero-order valence-electron chi connectivity index (χ0n) is 9.62. The molecule has 1 aliphatic rings. The molecule has 0 radical (unpaired) electrons. The number of carbonyl (C=O) groups is 2. The third-order valence-electron chi connectivity index (χ3n) is 3.18. The van der Waals surface area contributed by atoms with Crippen LogP contribution in [0.4, 0.5) is 0 Å². The Morgan fingerprint density at radius 3 is 2.40 bits per heavy atom. The van der Waals surface area contributed by atoms with Gasteiger partial charge in [-0.3, -0.25) is 9.59 Å². The van der Waals surface area contributed by atoms with Gasteiger partial charge < -0.3 is 4.74 Å². The Labute approximate surface area is 91.2 Å². The van der Waals surface area contributed by atoms with E-state index in [-0.39, 0.29) is 24.1 Å². The van der Waals surface area contributed by atoms with Gasteiger partial charge in [0.15, 0.2) is 5.78 Å². The van der Waals surface area contributed by atoms with Crippen LogP contribution in [0.3, 0.4) is 0 Å². The third kappa shape index (κ3) is 3.13. The fourth-order valence-corrected chi connectivity index (χ4v) is 2.33.